The summed E-state index contributed by atoms with van der Waals surface area (Å²) in [6.07, 6.45) is 2.70. The van der Waals surface area contributed by atoms with Crippen LogP contribution < -0.4 is 0 Å². The number of benzene rings is 1. The maximum atomic E-state index is 12.1. The summed E-state index contributed by atoms with van der Waals surface area (Å²) in [7, 11) is 2.72. The van der Waals surface area contributed by atoms with E-state index in [1.807, 2.05) is 0 Å². The van der Waals surface area contributed by atoms with E-state index in [0.29, 0.717) is 5.56 Å². The molecule has 1 rings (SSSR count). The van der Waals surface area contributed by atoms with Gasteiger partial charge in [0.1, 0.15) is 6.54 Å². The number of ether oxygens (including phenoxy) is 2. The fraction of sp³-hybridized carbons (Fsp3) is 0.333. The number of esters is 1. The molecule has 8 nitrogen and oxygen atoms in total. The van der Waals surface area contributed by atoms with Crippen molar-refractivity contribution in [2.24, 2.45) is 0 Å². The number of methoxy groups -OCH3 is 2. The van der Waals surface area contributed by atoms with Gasteiger partial charge >= 0.3 is 5.97 Å². The summed E-state index contributed by atoms with van der Waals surface area (Å²) in [4.78, 5) is 34.9. The van der Waals surface area contributed by atoms with Crippen LogP contribution >= 0.6 is 0 Å². The van der Waals surface area contributed by atoms with Crippen LogP contribution in [0.15, 0.2) is 30.3 Å². The number of hydrogen-bond donors (Lipinski definition) is 0. The van der Waals surface area contributed by atoms with E-state index in [0.717, 1.165) is 0 Å². The Morgan fingerprint density at radius 1 is 1.35 bits per heavy atom. The Hall–Kier alpha value is -2.74. The fourth-order valence-electron chi connectivity index (χ4n) is 1.70. The number of carbonyl (C=O) groups is 2. The normalized spacial score (nSPS) is 10.5. The first kappa shape index (κ1) is 18.3. The van der Waals surface area contributed by atoms with Gasteiger partial charge in [-0.3, -0.25) is 19.7 Å². The highest BCUT2D eigenvalue weighted by Gasteiger charge is 2.15. The van der Waals surface area contributed by atoms with Gasteiger partial charge < -0.3 is 14.4 Å². The minimum Gasteiger partial charge on any atom is -0.468 e. The first-order chi connectivity index (χ1) is 11.0. The van der Waals surface area contributed by atoms with Crippen molar-refractivity contribution in [2.75, 3.05) is 33.9 Å². The van der Waals surface area contributed by atoms with Crippen LogP contribution in [0.5, 0.6) is 0 Å². The van der Waals surface area contributed by atoms with Crippen molar-refractivity contribution in [3.05, 3.63) is 46.0 Å². The summed E-state index contributed by atoms with van der Waals surface area (Å²) in [5, 5.41) is 10.7. The van der Waals surface area contributed by atoms with Gasteiger partial charge in [-0.05, 0) is 11.6 Å². The van der Waals surface area contributed by atoms with Crippen LogP contribution in [0.1, 0.15) is 5.56 Å². The molecule has 0 N–H and O–H groups in total. The predicted octanol–water partition coefficient (Wildman–Crippen LogP) is 1.26. The maximum absolute atomic E-state index is 12.1. The minimum absolute atomic E-state index is 0.0644. The molecule has 124 valence electrons. The van der Waals surface area contributed by atoms with Crippen LogP contribution in [-0.4, -0.2) is 55.6 Å². The van der Waals surface area contributed by atoms with Crippen LogP contribution in [0.4, 0.5) is 5.69 Å². The van der Waals surface area contributed by atoms with E-state index in [2.05, 4.69) is 4.74 Å². The van der Waals surface area contributed by atoms with Crippen molar-refractivity contribution < 1.29 is 24.0 Å². The van der Waals surface area contributed by atoms with Crippen LogP contribution in [0, 0.1) is 10.1 Å². The molecule has 1 aromatic rings. The summed E-state index contributed by atoms with van der Waals surface area (Å²) in [5.74, 6) is -0.961. The first-order valence-corrected chi connectivity index (χ1v) is 6.75. The molecule has 1 amide bonds. The molecule has 0 saturated carbocycles. The summed E-state index contributed by atoms with van der Waals surface area (Å²) in [6.45, 7) is 0.301. The van der Waals surface area contributed by atoms with Gasteiger partial charge in [0.25, 0.3) is 5.69 Å². The summed E-state index contributed by atoms with van der Waals surface area (Å²) < 4.78 is 9.44. The zero-order valence-electron chi connectivity index (χ0n) is 12.9. The topological polar surface area (TPSA) is 99.0 Å². The van der Waals surface area contributed by atoms with E-state index in [1.165, 1.54) is 49.5 Å². The molecule has 0 spiro atoms. The quantitative estimate of drug-likeness (QED) is 0.309. The van der Waals surface area contributed by atoms with Crippen molar-refractivity contribution in [1.82, 2.24) is 4.90 Å². The summed E-state index contributed by atoms with van der Waals surface area (Å²) in [5.41, 5.74) is 0.447. The average Bonchev–Trinajstić information content (AvgIpc) is 2.56. The number of rotatable bonds is 8. The Labute approximate surface area is 133 Å². The van der Waals surface area contributed by atoms with E-state index >= 15 is 0 Å². The lowest BCUT2D eigenvalue weighted by molar-refractivity contribution is -0.384. The lowest BCUT2D eigenvalue weighted by Crippen LogP contribution is -2.37. The minimum atomic E-state index is -0.543. The van der Waals surface area contributed by atoms with Crippen molar-refractivity contribution in [1.29, 1.82) is 0 Å². The van der Waals surface area contributed by atoms with Gasteiger partial charge in [-0.15, -0.1) is 0 Å². The third-order valence-corrected chi connectivity index (χ3v) is 2.92. The van der Waals surface area contributed by atoms with Gasteiger partial charge in [-0.2, -0.15) is 0 Å². The Morgan fingerprint density at radius 3 is 2.70 bits per heavy atom. The van der Waals surface area contributed by atoms with Crippen LogP contribution in [0.25, 0.3) is 6.08 Å². The summed E-state index contributed by atoms with van der Waals surface area (Å²) >= 11 is 0. The molecule has 0 fully saturated rings. The highest BCUT2D eigenvalue weighted by Crippen LogP contribution is 2.14. The van der Waals surface area contributed by atoms with E-state index in [4.69, 9.17) is 4.74 Å². The number of hydrogen-bond acceptors (Lipinski definition) is 6. The zero-order chi connectivity index (χ0) is 17.2. The standard InChI is InChI=1S/C15H18N2O6/c1-22-9-8-16(11-15(19)23-2)14(18)7-6-12-4-3-5-13(10-12)17(20)21/h3-7,10H,8-9,11H2,1-2H3/b7-6+. The molecule has 8 heteroatoms. The second-order valence-corrected chi connectivity index (χ2v) is 4.51. The Balaban J connectivity index is 2.81. The third-order valence-electron chi connectivity index (χ3n) is 2.92. The summed E-state index contributed by atoms with van der Waals surface area (Å²) in [6, 6.07) is 5.88. The molecule has 0 unspecified atom stereocenters. The highest BCUT2D eigenvalue weighted by atomic mass is 16.6. The number of nitro groups is 1. The van der Waals surface area contributed by atoms with Gasteiger partial charge in [0.2, 0.25) is 5.91 Å². The molecule has 0 heterocycles. The fourth-order valence-corrected chi connectivity index (χ4v) is 1.70. The van der Waals surface area contributed by atoms with Gasteiger partial charge in [-0.25, -0.2) is 0 Å². The highest BCUT2D eigenvalue weighted by molar-refractivity contribution is 5.93. The second-order valence-electron chi connectivity index (χ2n) is 4.51. The molecule has 0 aliphatic rings. The Morgan fingerprint density at radius 2 is 2.09 bits per heavy atom. The smallest absolute Gasteiger partial charge is 0.325 e. The molecule has 0 radical (unpaired) electrons. The number of amides is 1. The van der Waals surface area contributed by atoms with Crippen LogP contribution in [0.2, 0.25) is 0 Å². The Kier molecular flexibility index (Phi) is 7.41. The average molecular weight is 322 g/mol. The number of nitrogens with zero attached hydrogens (tertiary/aromatic N) is 2. The van der Waals surface area contributed by atoms with Gasteiger partial charge in [0.05, 0.1) is 18.6 Å². The van der Waals surface area contributed by atoms with Crippen LogP contribution in [0.3, 0.4) is 0 Å². The molecule has 0 aliphatic heterocycles. The largest absolute Gasteiger partial charge is 0.468 e. The Bertz CT molecular complexity index is 599. The lowest BCUT2D eigenvalue weighted by atomic mass is 10.2. The molecule has 0 bridgehead atoms. The van der Waals surface area contributed by atoms with Gasteiger partial charge in [-0.1, -0.05) is 12.1 Å². The van der Waals surface area contributed by atoms with E-state index in [1.54, 1.807) is 6.07 Å². The molecule has 0 aliphatic carbocycles. The van der Waals surface area contributed by atoms with Crippen LogP contribution in [-0.2, 0) is 19.1 Å². The van der Waals surface area contributed by atoms with E-state index < -0.39 is 16.8 Å². The third kappa shape index (κ3) is 6.27. The maximum Gasteiger partial charge on any atom is 0.325 e. The number of non-ortho nitro benzene ring substituents is 1. The zero-order valence-corrected chi connectivity index (χ0v) is 12.9. The molecular formula is C15H18N2O6. The first-order valence-electron chi connectivity index (χ1n) is 6.75. The van der Waals surface area contributed by atoms with Crippen molar-refractivity contribution in [2.45, 2.75) is 0 Å². The van der Waals surface area contributed by atoms with E-state index in [9.17, 15) is 19.7 Å². The molecule has 23 heavy (non-hydrogen) atoms. The van der Waals surface area contributed by atoms with Crippen molar-refractivity contribution in [3.63, 3.8) is 0 Å². The molecule has 0 aromatic heterocycles. The van der Waals surface area contributed by atoms with Crippen molar-refractivity contribution in [3.8, 4) is 0 Å². The number of nitro benzene ring substituents is 1. The molecule has 0 saturated heterocycles. The molecule has 1 aromatic carbocycles. The molecular weight excluding hydrogens is 304 g/mol. The SMILES string of the molecule is COCCN(CC(=O)OC)C(=O)/C=C/c1cccc([N+](=O)[O-])c1. The van der Waals surface area contributed by atoms with Gasteiger partial charge in [0, 0.05) is 31.9 Å². The second kappa shape index (κ2) is 9.31. The van der Waals surface area contributed by atoms with Gasteiger partial charge in [0.15, 0.2) is 0 Å². The number of carbonyl (C=O) groups excluding carboxylic acids is 2. The lowest BCUT2D eigenvalue weighted by Gasteiger charge is -2.19. The van der Waals surface area contributed by atoms with Crippen molar-refractivity contribution >= 4 is 23.6 Å². The predicted molar refractivity (Wildman–Crippen MR) is 82.6 cm³/mol. The van der Waals surface area contributed by atoms with E-state index in [-0.39, 0.29) is 25.4 Å². The monoisotopic (exact) mass is 322 g/mol. The molecule has 0 atom stereocenters.